The minimum absolute atomic E-state index is 0.527. The highest BCUT2D eigenvalue weighted by atomic mass is 35.5. The Bertz CT molecular complexity index is 1080. The van der Waals surface area contributed by atoms with Crippen LogP contribution in [-0.4, -0.2) is 20.0 Å². The Morgan fingerprint density at radius 2 is 1.97 bits per heavy atom. The zero-order valence-corrected chi connectivity index (χ0v) is 15.9. The molecule has 152 valence electrons. The van der Waals surface area contributed by atoms with Gasteiger partial charge in [-0.05, 0) is 11.6 Å². The summed E-state index contributed by atoms with van der Waals surface area (Å²) in [5, 5.41) is 2.11. The van der Waals surface area contributed by atoms with Crippen LogP contribution < -0.4 is 10.9 Å². The van der Waals surface area contributed by atoms with Crippen molar-refractivity contribution in [1.29, 1.82) is 0 Å². The van der Waals surface area contributed by atoms with E-state index in [9.17, 15) is 22.8 Å². The minimum atomic E-state index is -4.70. The van der Waals surface area contributed by atoms with Crippen molar-refractivity contribution >= 4 is 17.5 Å². The number of imidazole rings is 1. The van der Waals surface area contributed by atoms with Crippen molar-refractivity contribution in [1.82, 2.24) is 19.4 Å². The third kappa shape index (κ3) is 4.68. The van der Waals surface area contributed by atoms with Crippen molar-refractivity contribution in [3.8, 4) is 0 Å². The number of alkyl halides is 3. The lowest BCUT2D eigenvalue weighted by molar-refractivity contribution is -0.138. The molecule has 0 bridgehead atoms. The maximum absolute atomic E-state index is 13.0. The van der Waals surface area contributed by atoms with Crippen LogP contribution in [0.5, 0.6) is 0 Å². The molecule has 0 spiro atoms. The van der Waals surface area contributed by atoms with Crippen LogP contribution in [0.4, 0.5) is 13.2 Å². The number of hydrogen-bond acceptors (Lipinski definition) is 3. The van der Waals surface area contributed by atoms with Crippen molar-refractivity contribution < 1.29 is 18.0 Å². The first kappa shape index (κ1) is 20.7. The lowest BCUT2D eigenvalue weighted by Gasteiger charge is -2.20. The van der Waals surface area contributed by atoms with Gasteiger partial charge >= 0.3 is 6.18 Å². The van der Waals surface area contributed by atoms with E-state index >= 15 is 0 Å². The quantitative estimate of drug-likeness (QED) is 0.684. The number of nitrogens with zero attached hydrogens (tertiary/aromatic N) is 3. The van der Waals surface area contributed by atoms with Crippen LogP contribution in [0.3, 0.4) is 0 Å². The summed E-state index contributed by atoms with van der Waals surface area (Å²) >= 11 is 5.63. The Balaban J connectivity index is 1.90. The molecule has 1 aromatic carbocycles. The minimum Gasteiger partial charge on any atom is -0.341 e. The summed E-state index contributed by atoms with van der Waals surface area (Å²) in [7, 11) is 1.75. The Hall–Kier alpha value is -3.07. The van der Waals surface area contributed by atoms with Gasteiger partial charge in [-0.25, -0.2) is 4.98 Å². The summed E-state index contributed by atoms with van der Waals surface area (Å²) in [6.07, 6.45) is -0.857. The third-order valence-corrected chi connectivity index (χ3v) is 4.51. The van der Waals surface area contributed by atoms with Crippen LogP contribution in [0.2, 0.25) is 5.02 Å². The fourth-order valence-corrected chi connectivity index (χ4v) is 3.06. The van der Waals surface area contributed by atoms with Gasteiger partial charge in [0.05, 0.1) is 5.56 Å². The Morgan fingerprint density at radius 1 is 1.28 bits per heavy atom. The molecule has 0 radical (unpaired) electrons. The van der Waals surface area contributed by atoms with Crippen LogP contribution in [0.25, 0.3) is 0 Å². The first-order chi connectivity index (χ1) is 13.7. The molecule has 1 N–H and O–H groups in total. The zero-order valence-electron chi connectivity index (χ0n) is 15.2. The molecule has 2 aromatic heterocycles. The van der Waals surface area contributed by atoms with Gasteiger partial charge in [0, 0.05) is 25.6 Å². The van der Waals surface area contributed by atoms with Gasteiger partial charge in [-0.15, -0.1) is 0 Å². The van der Waals surface area contributed by atoms with E-state index < -0.39 is 40.8 Å². The molecule has 3 aromatic rings. The molecule has 0 fully saturated rings. The highest BCUT2D eigenvalue weighted by Crippen LogP contribution is 2.29. The van der Waals surface area contributed by atoms with Crippen LogP contribution in [0.15, 0.2) is 59.8 Å². The highest BCUT2D eigenvalue weighted by Gasteiger charge is 2.32. The number of rotatable bonds is 5. The molecule has 0 saturated carbocycles. The fourth-order valence-electron chi connectivity index (χ4n) is 2.83. The molecule has 2 heterocycles. The van der Waals surface area contributed by atoms with Gasteiger partial charge < -0.3 is 14.5 Å². The average molecular weight is 425 g/mol. The van der Waals surface area contributed by atoms with Crippen LogP contribution in [0.1, 0.15) is 23.0 Å². The third-order valence-electron chi connectivity index (χ3n) is 4.24. The van der Waals surface area contributed by atoms with Crippen molar-refractivity contribution in [2.24, 2.45) is 7.05 Å². The van der Waals surface area contributed by atoms with Gasteiger partial charge in [0.2, 0.25) is 5.91 Å². The first-order valence-electron chi connectivity index (χ1n) is 8.45. The predicted molar refractivity (Wildman–Crippen MR) is 100 cm³/mol. The van der Waals surface area contributed by atoms with Crippen molar-refractivity contribution in [3.05, 3.63) is 87.3 Å². The van der Waals surface area contributed by atoms with E-state index in [1.165, 1.54) is 0 Å². The molecule has 1 atom stereocenters. The molecule has 29 heavy (non-hydrogen) atoms. The number of carbonyl (C=O) groups is 1. The van der Waals surface area contributed by atoms with Gasteiger partial charge in [-0.2, -0.15) is 13.2 Å². The van der Waals surface area contributed by atoms with Crippen LogP contribution in [-0.2, 0) is 24.6 Å². The second kappa shape index (κ2) is 8.12. The molecule has 0 aliphatic rings. The normalized spacial score (nSPS) is 12.6. The van der Waals surface area contributed by atoms with E-state index in [4.69, 9.17) is 11.6 Å². The smallest absolute Gasteiger partial charge is 0.341 e. The SMILES string of the molecule is Cn1ccnc1[C@@H](NC(=O)Cn1cc(C(F)(F)F)cc(Cl)c1=O)c1ccccc1. The number of halogens is 4. The predicted octanol–water partition coefficient (Wildman–Crippen LogP) is 3.16. The number of nitrogens with one attached hydrogen (secondary N) is 1. The Labute approximate surface area is 168 Å². The van der Waals surface area contributed by atoms with Crippen molar-refractivity contribution in [2.45, 2.75) is 18.8 Å². The van der Waals surface area contributed by atoms with E-state index in [1.807, 2.05) is 6.07 Å². The van der Waals surface area contributed by atoms with Gasteiger partial charge in [0.15, 0.2) is 0 Å². The Morgan fingerprint density at radius 3 is 2.55 bits per heavy atom. The van der Waals surface area contributed by atoms with Gasteiger partial charge in [0.1, 0.15) is 23.4 Å². The second-order valence-corrected chi connectivity index (χ2v) is 6.72. The first-order valence-corrected chi connectivity index (χ1v) is 8.83. The van der Waals surface area contributed by atoms with E-state index in [2.05, 4.69) is 10.3 Å². The maximum atomic E-state index is 13.0. The van der Waals surface area contributed by atoms with E-state index in [0.717, 1.165) is 5.56 Å². The number of pyridine rings is 1. The molecule has 0 aliphatic heterocycles. The molecular weight excluding hydrogens is 409 g/mol. The van der Waals surface area contributed by atoms with Crippen LogP contribution >= 0.6 is 11.6 Å². The number of benzene rings is 1. The van der Waals surface area contributed by atoms with Gasteiger partial charge in [-0.1, -0.05) is 41.9 Å². The number of aromatic nitrogens is 3. The molecule has 3 rings (SSSR count). The lowest BCUT2D eigenvalue weighted by Crippen LogP contribution is -2.36. The molecule has 6 nitrogen and oxygen atoms in total. The number of amides is 1. The topological polar surface area (TPSA) is 68.9 Å². The van der Waals surface area contributed by atoms with E-state index in [-0.39, 0.29) is 0 Å². The summed E-state index contributed by atoms with van der Waals surface area (Å²) < 4.78 is 41.3. The second-order valence-electron chi connectivity index (χ2n) is 6.32. The largest absolute Gasteiger partial charge is 0.417 e. The van der Waals surface area contributed by atoms with E-state index in [1.54, 1.807) is 48.3 Å². The van der Waals surface area contributed by atoms with Gasteiger partial charge in [-0.3, -0.25) is 9.59 Å². The monoisotopic (exact) mass is 424 g/mol. The fraction of sp³-hybridized carbons (Fsp3) is 0.211. The number of aryl methyl sites for hydroxylation is 1. The van der Waals surface area contributed by atoms with Crippen molar-refractivity contribution in [2.75, 3.05) is 0 Å². The summed E-state index contributed by atoms with van der Waals surface area (Å²) in [5.74, 6) is -0.140. The molecule has 0 aliphatic carbocycles. The van der Waals surface area contributed by atoms with Crippen LogP contribution in [0, 0.1) is 0 Å². The average Bonchev–Trinajstić information content (AvgIpc) is 3.09. The summed E-state index contributed by atoms with van der Waals surface area (Å²) in [5.41, 5.74) is -1.27. The number of hydrogen-bond donors (Lipinski definition) is 1. The molecule has 1 amide bonds. The lowest BCUT2D eigenvalue weighted by atomic mass is 10.1. The van der Waals surface area contributed by atoms with Gasteiger partial charge in [0.25, 0.3) is 5.56 Å². The van der Waals surface area contributed by atoms with E-state index in [0.29, 0.717) is 22.7 Å². The molecule has 0 saturated heterocycles. The standard InChI is InChI=1S/C19H16ClF3N4O2/c1-26-8-7-24-17(26)16(12-5-3-2-4-6-12)25-15(28)11-27-10-13(19(21,22)23)9-14(20)18(27)29/h2-10,16H,11H2,1H3,(H,25,28)/t16-/m0/s1. The maximum Gasteiger partial charge on any atom is 0.417 e. The summed E-state index contributed by atoms with van der Waals surface area (Å²) in [6, 6.07) is 8.84. The summed E-state index contributed by atoms with van der Waals surface area (Å²) in [4.78, 5) is 28.9. The highest BCUT2D eigenvalue weighted by molar-refractivity contribution is 6.30. The molecule has 0 unspecified atom stereocenters. The molecular formula is C19H16ClF3N4O2. The van der Waals surface area contributed by atoms with Crippen molar-refractivity contribution in [3.63, 3.8) is 0 Å². The number of carbonyl (C=O) groups excluding carboxylic acids is 1. The zero-order chi connectivity index (χ0) is 21.2. The summed E-state index contributed by atoms with van der Waals surface area (Å²) in [6.45, 7) is -0.629. The Kier molecular flexibility index (Phi) is 5.78. The molecule has 10 heteroatoms.